The Bertz CT molecular complexity index is 1270. The van der Waals surface area contributed by atoms with Crippen LogP contribution < -0.4 is 10.6 Å². The zero-order valence-electron chi connectivity index (χ0n) is 15.8. The number of carbonyl (C=O) groups is 2. The number of nitrogens with zero attached hydrogens (tertiary/aromatic N) is 1. The number of benzene rings is 2. The molecule has 0 bridgehead atoms. The van der Waals surface area contributed by atoms with Gasteiger partial charge in [0.15, 0.2) is 0 Å². The summed E-state index contributed by atoms with van der Waals surface area (Å²) in [7, 11) is 0. The van der Waals surface area contributed by atoms with Gasteiger partial charge in [-0.05, 0) is 48.9 Å². The first-order valence-electron chi connectivity index (χ1n) is 9.02. The molecule has 30 heavy (non-hydrogen) atoms. The van der Waals surface area contributed by atoms with Crippen molar-refractivity contribution in [3.8, 4) is 0 Å². The Morgan fingerprint density at radius 3 is 2.53 bits per heavy atom. The molecule has 4 aromatic rings. The Balaban J connectivity index is 1.56. The molecule has 0 saturated heterocycles. The number of amides is 2. The minimum absolute atomic E-state index is 0.0661. The van der Waals surface area contributed by atoms with Gasteiger partial charge in [0.05, 0.1) is 17.4 Å². The van der Waals surface area contributed by atoms with Gasteiger partial charge in [-0.3, -0.25) is 14.6 Å². The van der Waals surface area contributed by atoms with Crippen LogP contribution in [0.2, 0.25) is 0 Å². The van der Waals surface area contributed by atoms with Crippen molar-refractivity contribution in [2.45, 2.75) is 6.92 Å². The van der Waals surface area contributed by atoms with Gasteiger partial charge >= 0.3 is 0 Å². The third kappa shape index (κ3) is 3.88. The molecule has 0 aliphatic heterocycles. The minimum atomic E-state index is -0.759. The van der Waals surface area contributed by atoms with Crippen molar-refractivity contribution in [1.82, 2.24) is 9.97 Å². The lowest BCUT2D eigenvalue weighted by Crippen LogP contribution is -2.16. The van der Waals surface area contributed by atoms with Crippen molar-refractivity contribution in [1.29, 1.82) is 0 Å². The molecular formula is C22H16F2N4O2. The number of pyridine rings is 1. The second-order valence-electron chi connectivity index (χ2n) is 6.71. The third-order valence-electron chi connectivity index (χ3n) is 4.56. The summed E-state index contributed by atoms with van der Waals surface area (Å²) in [6.45, 7) is 1.78. The molecule has 3 N–H and O–H groups in total. The number of H-pyrrole nitrogens is 1. The Kier molecular flexibility index (Phi) is 4.97. The molecule has 4 rings (SSSR count). The summed E-state index contributed by atoms with van der Waals surface area (Å²) >= 11 is 0. The maximum absolute atomic E-state index is 13.9. The summed E-state index contributed by atoms with van der Waals surface area (Å²) in [5, 5.41) is 5.52. The first kappa shape index (κ1) is 19.3. The van der Waals surface area contributed by atoms with E-state index in [9.17, 15) is 18.4 Å². The topological polar surface area (TPSA) is 86.9 Å². The van der Waals surface area contributed by atoms with Crippen molar-refractivity contribution in [3.63, 3.8) is 0 Å². The minimum Gasteiger partial charge on any atom is -0.350 e. The molecule has 0 saturated carbocycles. The summed E-state index contributed by atoms with van der Waals surface area (Å²) in [5.41, 5.74) is 2.27. The molecule has 0 aliphatic carbocycles. The van der Waals surface area contributed by atoms with E-state index in [0.29, 0.717) is 16.9 Å². The molecule has 2 aromatic heterocycles. The molecule has 150 valence electrons. The Morgan fingerprint density at radius 1 is 0.967 bits per heavy atom. The third-order valence-corrected chi connectivity index (χ3v) is 4.56. The number of nitrogens with one attached hydrogen (secondary N) is 3. The van der Waals surface area contributed by atoms with Gasteiger partial charge in [0.25, 0.3) is 11.8 Å². The molecule has 0 atom stereocenters. The molecule has 2 amide bonds. The monoisotopic (exact) mass is 406 g/mol. The maximum atomic E-state index is 13.9. The van der Waals surface area contributed by atoms with E-state index in [1.165, 1.54) is 12.3 Å². The average molecular weight is 406 g/mol. The van der Waals surface area contributed by atoms with Crippen molar-refractivity contribution in [3.05, 3.63) is 89.4 Å². The number of aryl methyl sites for hydroxylation is 1. The first-order chi connectivity index (χ1) is 14.4. The van der Waals surface area contributed by atoms with Crippen LogP contribution in [0, 0.1) is 18.6 Å². The van der Waals surface area contributed by atoms with Gasteiger partial charge in [-0.2, -0.15) is 0 Å². The van der Waals surface area contributed by atoms with E-state index in [2.05, 4.69) is 20.6 Å². The Morgan fingerprint density at radius 2 is 1.77 bits per heavy atom. The number of aromatic amines is 1. The van der Waals surface area contributed by atoms with Crippen molar-refractivity contribution < 1.29 is 18.4 Å². The molecule has 0 radical (unpaired) electrons. The fraction of sp³-hybridized carbons (Fsp3) is 0.0455. The number of hydrogen-bond acceptors (Lipinski definition) is 3. The molecule has 0 aliphatic rings. The number of fused-ring (bicyclic) bond motifs is 1. The smallest absolute Gasteiger partial charge is 0.272 e. The van der Waals surface area contributed by atoms with Gasteiger partial charge in [-0.25, -0.2) is 8.78 Å². The lowest BCUT2D eigenvalue weighted by molar-refractivity contribution is 0.101. The first-order valence-corrected chi connectivity index (χ1v) is 9.02. The standard InChI is InChI=1S/C22H16F2N4O2/c1-12-4-5-14(9-16(12)21(29)27-15-3-2-6-25-11-15)26-22(30)20-10-17-18(24)7-13(23)8-19(17)28-20/h2-11,28H,1H3,(H,26,30)(H,27,29). The number of halogens is 2. The van der Waals surface area contributed by atoms with Crippen LogP contribution in [0.25, 0.3) is 10.9 Å². The van der Waals surface area contributed by atoms with Gasteiger partial charge in [0, 0.05) is 28.9 Å². The van der Waals surface area contributed by atoms with Gasteiger partial charge < -0.3 is 15.6 Å². The van der Waals surface area contributed by atoms with Crippen molar-refractivity contribution >= 4 is 34.1 Å². The number of hydrogen-bond donors (Lipinski definition) is 3. The van der Waals surface area contributed by atoms with Crippen molar-refractivity contribution in [2.24, 2.45) is 0 Å². The van der Waals surface area contributed by atoms with Gasteiger partial charge in [0.1, 0.15) is 17.3 Å². The van der Waals surface area contributed by atoms with E-state index in [1.807, 2.05) is 0 Å². The summed E-state index contributed by atoms with van der Waals surface area (Å²) in [4.78, 5) is 31.8. The number of anilines is 2. The van der Waals surface area contributed by atoms with E-state index in [0.717, 1.165) is 17.7 Å². The van der Waals surface area contributed by atoms with Crippen LogP contribution >= 0.6 is 0 Å². The van der Waals surface area contributed by atoms with Crippen LogP contribution in [0.4, 0.5) is 20.2 Å². The molecule has 8 heteroatoms. The van der Waals surface area contributed by atoms with E-state index in [4.69, 9.17) is 0 Å². The maximum Gasteiger partial charge on any atom is 0.272 e. The van der Waals surface area contributed by atoms with Gasteiger partial charge in [-0.15, -0.1) is 0 Å². The predicted octanol–water partition coefficient (Wildman–Crippen LogP) is 4.65. The van der Waals surface area contributed by atoms with E-state index in [-0.39, 0.29) is 22.5 Å². The predicted molar refractivity (Wildman–Crippen MR) is 110 cm³/mol. The lowest BCUT2D eigenvalue weighted by Gasteiger charge is -2.10. The van der Waals surface area contributed by atoms with Crippen LogP contribution in [0.5, 0.6) is 0 Å². The van der Waals surface area contributed by atoms with Crippen LogP contribution in [-0.4, -0.2) is 21.8 Å². The zero-order valence-corrected chi connectivity index (χ0v) is 15.8. The van der Waals surface area contributed by atoms with Crippen LogP contribution in [0.3, 0.4) is 0 Å². The molecule has 0 unspecified atom stereocenters. The highest BCUT2D eigenvalue weighted by Crippen LogP contribution is 2.22. The summed E-state index contributed by atoms with van der Waals surface area (Å²) in [6, 6.07) is 11.5. The number of rotatable bonds is 4. The number of aromatic nitrogens is 2. The second-order valence-corrected chi connectivity index (χ2v) is 6.71. The van der Waals surface area contributed by atoms with E-state index < -0.39 is 17.5 Å². The van der Waals surface area contributed by atoms with Gasteiger partial charge in [-0.1, -0.05) is 6.07 Å². The van der Waals surface area contributed by atoms with Crippen molar-refractivity contribution in [2.75, 3.05) is 10.6 Å². The van der Waals surface area contributed by atoms with Crippen LogP contribution in [-0.2, 0) is 0 Å². The fourth-order valence-corrected chi connectivity index (χ4v) is 3.06. The highest BCUT2D eigenvalue weighted by Gasteiger charge is 2.15. The zero-order chi connectivity index (χ0) is 21.3. The molecule has 0 fully saturated rings. The molecule has 2 aromatic carbocycles. The normalized spacial score (nSPS) is 10.8. The SMILES string of the molecule is Cc1ccc(NC(=O)c2cc3c(F)cc(F)cc3[nH]2)cc1C(=O)Nc1cccnc1. The van der Waals surface area contributed by atoms with Crippen LogP contribution in [0.1, 0.15) is 26.4 Å². The molecular weight excluding hydrogens is 390 g/mol. The highest BCUT2D eigenvalue weighted by molar-refractivity contribution is 6.08. The summed E-state index contributed by atoms with van der Waals surface area (Å²) in [6.07, 6.45) is 3.12. The summed E-state index contributed by atoms with van der Waals surface area (Å²) < 4.78 is 27.2. The lowest BCUT2D eigenvalue weighted by atomic mass is 10.1. The largest absolute Gasteiger partial charge is 0.350 e. The molecule has 6 nitrogen and oxygen atoms in total. The highest BCUT2D eigenvalue weighted by atomic mass is 19.1. The van der Waals surface area contributed by atoms with E-state index >= 15 is 0 Å². The second kappa shape index (κ2) is 7.75. The quantitative estimate of drug-likeness (QED) is 0.461. The van der Waals surface area contributed by atoms with E-state index in [1.54, 1.807) is 43.5 Å². The average Bonchev–Trinajstić information content (AvgIpc) is 3.15. The van der Waals surface area contributed by atoms with Crippen LogP contribution in [0.15, 0.2) is 60.9 Å². The molecule has 2 heterocycles. The number of carbonyl (C=O) groups excluding carboxylic acids is 2. The Hall–Kier alpha value is -4.07. The van der Waals surface area contributed by atoms with Gasteiger partial charge in [0.2, 0.25) is 0 Å². The molecule has 0 spiro atoms. The Labute approximate surface area is 170 Å². The fourth-order valence-electron chi connectivity index (χ4n) is 3.06. The summed E-state index contributed by atoms with van der Waals surface area (Å²) in [5.74, 6) is -2.39.